The van der Waals surface area contributed by atoms with Crippen molar-refractivity contribution in [3.05, 3.63) is 59.6 Å². The van der Waals surface area contributed by atoms with Gasteiger partial charge in [0.1, 0.15) is 23.0 Å². The third-order valence-electron chi connectivity index (χ3n) is 5.11. The number of anilines is 1. The van der Waals surface area contributed by atoms with Gasteiger partial charge in [-0.15, -0.1) is 0 Å². The standard InChI is InChI=1S/C22H20ClF2N7O3/c1-12(21(34)30(2)3)32-11-16(28-20(33)15-10-27-31-8-4-7-26-19(15)31)18(29-32)14-9-13(23)5-6-17(14)35-22(24)25/h4-12,22H,1-3H3,(H,28,33). The quantitative estimate of drug-likeness (QED) is 0.411. The van der Waals surface area contributed by atoms with Gasteiger partial charge in [0.05, 0.1) is 18.1 Å². The Balaban J connectivity index is 1.81. The fourth-order valence-electron chi connectivity index (χ4n) is 3.43. The maximum absolute atomic E-state index is 13.1. The van der Waals surface area contributed by atoms with Gasteiger partial charge in [-0.3, -0.25) is 14.3 Å². The lowest BCUT2D eigenvalue weighted by Crippen LogP contribution is -2.30. The molecule has 0 saturated heterocycles. The smallest absolute Gasteiger partial charge is 0.387 e. The molecule has 0 fully saturated rings. The zero-order valence-electron chi connectivity index (χ0n) is 18.8. The minimum absolute atomic E-state index is 0.0827. The molecule has 0 radical (unpaired) electrons. The molecule has 1 atom stereocenters. The first kappa shape index (κ1) is 24.1. The summed E-state index contributed by atoms with van der Waals surface area (Å²) in [4.78, 5) is 31.2. The van der Waals surface area contributed by atoms with Crippen molar-refractivity contribution >= 4 is 34.7 Å². The van der Waals surface area contributed by atoms with Gasteiger partial charge in [0.15, 0.2) is 5.65 Å². The highest BCUT2D eigenvalue weighted by Gasteiger charge is 2.25. The molecule has 35 heavy (non-hydrogen) atoms. The number of alkyl halides is 2. The number of benzene rings is 1. The molecule has 4 rings (SSSR count). The molecule has 1 N–H and O–H groups in total. The van der Waals surface area contributed by atoms with Crippen LogP contribution in [0.2, 0.25) is 5.02 Å². The van der Waals surface area contributed by atoms with Crippen LogP contribution in [0.15, 0.2) is 49.1 Å². The molecular formula is C22H20ClF2N7O3. The van der Waals surface area contributed by atoms with E-state index in [0.717, 1.165) is 0 Å². The fraction of sp³-hybridized carbons (Fsp3) is 0.227. The Kier molecular flexibility index (Phi) is 6.65. The lowest BCUT2D eigenvalue weighted by atomic mass is 10.1. The van der Waals surface area contributed by atoms with Crippen LogP contribution in [0.25, 0.3) is 16.9 Å². The van der Waals surface area contributed by atoms with Crippen molar-refractivity contribution in [3.8, 4) is 17.0 Å². The number of amides is 2. The summed E-state index contributed by atoms with van der Waals surface area (Å²) in [5, 5.41) is 11.5. The Hall–Kier alpha value is -4.06. The number of nitrogens with one attached hydrogen (secondary N) is 1. The van der Waals surface area contributed by atoms with Gasteiger partial charge in [-0.1, -0.05) is 11.6 Å². The van der Waals surface area contributed by atoms with E-state index in [-0.39, 0.29) is 39.2 Å². The molecule has 0 aliphatic heterocycles. The molecular weight excluding hydrogens is 484 g/mol. The minimum Gasteiger partial charge on any atom is -0.434 e. The van der Waals surface area contributed by atoms with E-state index in [9.17, 15) is 18.4 Å². The predicted octanol–water partition coefficient (Wildman–Crippen LogP) is 3.75. The number of nitrogens with zero attached hydrogens (tertiary/aromatic N) is 6. The Morgan fingerprint density at radius 3 is 2.74 bits per heavy atom. The number of carbonyl (C=O) groups excluding carboxylic acids is 2. The van der Waals surface area contributed by atoms with Gasteiger partial charge in [-0.2, -0.15) is 19.0 Å². The zero-order valence-corrected chi connectivity index (χ0v) is 19.6. The molecule has 0 bridgehead atoms. The van der Waals surface area contributed by atoms with Crippen molar-refractivity contribution in [2.45, 2.75) is 19.6 Å². The Bertz CT molecular complexity index is 1400. The average molecular weight is 504 g/mol. The molecule has 4 aromatic rings. The molecule has 1 unspecified atom stereocenters. The molecule has 13 heteroatoms. The maximum Gasteiger partial charge on any atom is 0.387 e. The Morgan fingerprint density at radius 2 is 2.03 bits per heavy atom. The summed E-state index contributed by atoms with van der Waals surface area (Å²) in [6.07, 6.45) is 5.94. The van der Waals surface area contributed by atoms with Crippen LogP contribution in [0.5, 0.6) is 5.75 Å². The van der Waals surface area contributed by atoms with Gasteiger partial charge in [0.2, 0.25) is 5.91 Å². The number of ether oxygens (including phenoxy) is 1. The first-order valence-corrected chi connectivity index (χ1v) is 10.7. The fourth-order valence-corrected chi connectivity index (χ4v) is 3.60. The third-order valence-corrected chi connectivity index (χ3v) is 5.35. The summed E-state index contributed by atoms with van der Waals surface area (Å²) < 4.78 is 33.6. The summed E-state index contributed by atoms with van der Waals surface area (Å²) in [7, 11) is 3.19. The van der Waals surface area contributed by atoms with Gasteiger partial charge < -0.3 is 15.0 Å². The molecule has 0 saturated carbocycles. The molecule has 0 aliphatic rings. The molecule has 0 aliphatic carbocycles. The second-order valence-electron chi connectivity index (χ2n) is 7.70. The number of halogens is 3. The number of fused-ring (bicyclic) bond motifs is 1. The van der Waals surface area contributed by atoms with E-state index in [2.05, 4.69) is 25.2 Å². The highest BCUT2D eigenvalue weighted by molar-refractivity contribution is 6.31. The van der Waals surface area contributed by atoms with Crippen LogP contribution in [0.4, 0.5) is 14.5 Å². The van der Waals surface area contributed by atoms with Crippen LogP contribution in [0.1, 0.15) is 23.3 Å². The van der Waals surface area contributed by atoms with E-state index in [1.54, 1.807) is 33.3 Å². The molecule has 10 nitrogen and oxygen atoms in total. The van der Waals surface area contributed by atoms with Crippen LogP contribution >= 0.6 is 11.6 Å². The topological polar surface area (TPSA) is 107 Å². The largest absolute Gasteiger partial charge is 0.434 e. The number of aromatic nitrogens is 5. The normalized spacial score (nSPS) is 12.1. The number of hydrogen-bond donors (Lipinski definition) is 1. The van der Waals surface area contributed by atoms with Crippen molar-refractivity contribution in [2.24, 2.45) is 0 Å². The first-order valence-electron chi connectivity index (χ1n) is 10.3. The van der Waals surface area contributed by atoms with E-state index < -0.39 is 18.6 Å². The van der Waals surface area contributed by atoms with E-state index in [1.807, 2.05) is 0 Å². The van der Waals surface area contributed by atoms with Crippen LogP contribution in [-0.2, 0) is 4.79 Å². The average Bonchev–Trinajstić information content (AvgIpc) is 3.43. The zero-order chi connectivity index (χ0) is 25.3. The van der Waals surface area contributed by atoms with E-state index in [0.29, 0.717) is 5.65 Å². The summed E-state index contributed by atoms with van der Waals surface area (Å²) in [5.74, 6) is -1.03. The molecule has 182 valence electrons. The lowest BCUT2D eigenvalue weighted by Gasteiger charge is -2.16. The monoisotopic (exact) mass is 503 g/mol. The highest BCUT2D eigenvalue weighted by atomic mass is 35.5. The molecule has 3 aromatic heterocycles. The van der Waals surface area contributed by atoms with Crippen LogP contribution in [-0.4, -0.2) is 61.8 Å². The summed E-state index contributed by atoms with van der Waals surface area (Å²) in [6.45, 7) is -1.48. The van der Waals surface area contributed by atoms with Crippen molar-refractivity contribution in [1.29, 1.82) is 0 Å². The Morgan fingerprint density at radius 1 is 1.26 bits per heavy atom. The minimum atomic E-state index is -3.10. The third kappa shape index (κ3) is 4.92. The van der Waals surface area contributed by atoms with Gasteiger partial charge >= 0.3 is 6.61 Å². The Labute approximate surface area is 203 Å². The first-order chi connectivity index (χ1) is 16.7. The van der Waals surface area contributed by atoms with Gasteiger partial charge in [0, 0.05) is 37.1 Å². The van der Waals surface area contributed by atoms with E-state index in [4.69, 9.17) is 11.6 Å². The number of carbonyl (C=O) groups is 2. The van der Waals surface area contributed by atoms with Gasteiger partial charge in [0.25, 0.3) is 5.91 Å². The number of rotatable bonds is 7. The van der Waals surface area contributed by atoms with Gasteiger partial charge in [-0.25, -0.2) is 9.50 Å². The van der Waals surface area contributed by atoms with Gasteiger partial charge in [-0.05, 0) is 31.2 Å². The molecule has 0 spiro atoms. The predicted molar refractivity (Wildman–Crippen MR) is 124 cm³/mol. The van der Waals surface area contributed by atoms with Crippen molar-refractivity contribution in [3.63, 3.8) is 0 Å². The summed E-state index contributed by atoms with van der Waals surface area (Å²) >= 11 is 6.12. The van der Waals surface area contributed by atoms with Crippen LogP contribution in [0.3, 0.4) is 0 Å². The number of hydrogen-bond acceptors (Lipinski definition) is 6. The molecule has 2 amide bonds. The van der Waals surface area contributed by atoms with Crippen molar-refractivity contribution in [1.82, 2.24) is 29.3 Å². The maximum atomic E-state index is 13.1. The summed E-state index contributed by atoms with van der Waals surface area (Å²) in [5.41, 5.74) is 0.829. The van der Waals surface area contributed by atoms with Crippen molar-refractivity contribution in [2.75, 3.05) is 19.4 Å². The second kappa shape index (κ2) is 9.66. The van der Waals surface area contributed by atoms with E-state index in [1.165, 1.54) is 50.9 Å². The lowest BCUT2D eigenvalue weighted by molar-refractivity contribution is -0.131. The number of likely N-dealkylation sites (N-methyl/N-ethyl adjacent to an activating group) is 1. The molecule has 3 heterocycles. The second-order valence-corrected chi connectivity index (χ2v) is 8.14. The summed E-state index contributed by atoms with van der Waals surface area (Å²) in [6, 6.07) is 4.96. The highest BCUT2D eigenvalue weighted by Crippen LogP contribution is 2.37. The van der Waals surface area contributed by atoms with E-state index >= 15 is 0 Å². The SMILES string of the molecule is CC(C(=O)N(C)C)n1cc(NC(=O)c2cnn3cccnc23)c(-c2cc(Cl)ccc2OC(F)F)n1. The van der Waals surface area contributed by atoms with Crippen molar-refractivity contribution < 1.29 is 23.1 Å². The molecule has 1 aromatic carbocycles. The van der Waals surface area contributed by atoms with Crippen LogP contribution in [0, 0.1) is 0 Å². The van der Waals surface area contributed by atoms with Crippen LogP contribution < -0.4 is 10.1 Å².